The Kier molecular flexibility index (Phi) is 7.26. The Hall–Kier alpha value is -2.83. The van der Waals surface area contributed by atoms with Crippen molar-refractivity contribution in [2.45, 2.75) is 44.2 Å². The average Bonchev–Trinajstić information content (AvgIpc) is 2.79. The maximum atomic E-state index is 12.6. The summed E-state index contributed by atoms with van der Waals surface area (Å²) in [4.78, 5) is 38.7. The summed E-state index contributed by atoms with van der Waals surface area (Å²) in [6, 6.07) is 7.31. The molecule has 1 aromatic rings. The van der Waals surface area contributed by atoms with E-state index in [0.717, 1.165) is 15.4 Å². The van der Waals surface area contributed by atoms with Crippen LogP contribution in [0.5, 0.6) is 0 Å². The number of benzene rings is 1. The van der Waals surface area contributed by atoms with Crippen molar-refractivity contribution in [3.63, 3.8) is 0 Å². The molecule has 0 aliphatic carbocycles. The summed E-state index contributed by atoms with van der Waals surface area (Å²) in [7, 11) is 2.50. The zero-order chi connectivity index (χ0) is 23.6. The number of amides is 4. The molecule has 32 heavy (non-hydrogen) atoms. The normalized spacial score (nSPS) is 28.9. The van der Waals surface area contributed by atoms with Gasteiger partial charge in [-0.25, -0.2) is 4.79 Å². The van der Waals surface area contributed by atoms with Gasteiger partial charge in [-0.05, 0) is 12.5 Å². The Labute approximate surface area is 184 Å². The SMILES string of the molecule is CC(N[C@@H]1[C@@H](OCc2ccccc2)O[C@H](CO)[C@@H](O)[C@@H]1O)=C1C(=O)N(C)C(=O)N(C)C1=O. The molecule has 2 heterocycles. The first-order chi connectivity index (χ1) is 15.2. The fraction of sp³-hybridized carbons (Fsp3) is 0.476. The number of imide groups is 2. The van der Waals surface area contributed by atoms with Crippen LogP contribution in [0.25, 0.3) is 0 Å². The quantitative estimate of drug-likeness (QED) is 0.314. The largest absolute Gasteiger partial charge is 0.394 e. The third kappa shape index (κ3) is 4.52. The fourth-order valence-corrected chi connectivity index (χ4v) is 3.60. The van der Waals surface area contributed by atoms with Crippen molar-refractivity contribution in [1.82, 2.24) is 15.1 Å². The van der Waals surface area contributed by atoms with Gasteiger partial charge in [0.2, 0.25) is 0 Å². The molecular weight excluding hydrogens is 422 g/mol. The zero-order valence-electron chi connectivity index (χ0n) is 18.0. The maximum absolute atomic E-state index is 12.6. The summed E-state index contributed by atoms with van der Waals surface area (Å²) in [5.74, 6) is -1.60. The first kappa shape index (κ1) is 23.8. The molecule has 0 unspecified atom stereocenters. The number of nitrogens with zero attached hydrogens (tertiary/aromatic N) is 2. The van der Waals surface area contributed by atoms with Gasteiger partial charge < -0.3 is 30.1 Å². The van der Waals surface area contributed by atoms with E-state index in [4.69, 9.17) is 9.47 Å². The molecule has 0 radical (unpaired) electrons. The van der Waals surface area contributed by atoms with Gasteiger partial charge in [0.25, 0.3) is 11.8 Å². The van der Waals surface area contributed by atoms with Crippen LogP contribution in [0, 0.1) is 0 Å². The van der Waals surface area contributed by atoms with Gasteiger partial charge in [0, 0.05) is 19.8 Å². The molecule has 2 saturated heterocycles. The Morgan fingerprint density at radius 3 is 2.22 bits per heavy atom. The number of likely N-dealkylation sites (N-methyl/N-ethyl adjacent to an activating group) is 2. The van der Waals surface area contributed by atoms with E-state index >= 15 is 0 Å². The molecule has 4 N–H and O–H groups in total. The van der Waals surface area contributed by atoms with Crippen LogP contribution in [0.15, 0.2) is 41.6 Å². The number of urea groups is 1. The monoisotopic (exact) mass is 449 g/mol. The highest BCUT2D eigenvalue weighted by Gasteiger charge is 2.46. The number of carbonyl (C=O) groups excluding carboxylic acids is 3. The first-order valence-electron chi connectivity index (χ1n) is 10.0. The molecular formula is C21H27N3O8. The van der Waals surface area contributed by atoms with Crippen LogP contribution in [0.4, 0.5) is 4.79 Å². The molecule has 11 nitrogen and oxygen atoms in total. The van der Waals surface area contributed by atoms with Crippen molar-refractivity contribution in [2.24, 2.45) is 0 Å². The molecule has 0 spiro atoms. The minimum Gasteiger partial charge on any atom is -0.394 e. The van der Waals surface area contributed by atoms with E-state index in [2.05, 4.69) is 5.32 Å². The van der Waals surface area contributed by atoms with E-state index in [0.29, 0.717) is 0 Å². The van der Waals surface area contributed by atoms with Crippen molar-refractivity contribution < 1.29 is 39.2 Å². The Morgan fingerprint density at radius 1 is 1.06 bits per heavy atom. The van der Waals surface area contributed by atoms with Crippen LogP contribution in [0.1, 0.15) is 12.5 Å². The molecule has 3 rings (SSSR count). The van der Waals surface area contributed by atoms with Crippen LogP contribution in [0.2, 0.25) is 0 Å². The second-order valence-corrected chi connectivity index (χ2v) is 7.68. The molecule has 0 saturated carbocycles. The van der Waals surface area contributed by atoms with Gasteiger partial charge in [0.1, 0.15) is 29.9 Å². The summed E-state index contributed by atoms with van der Waals surface area (Å²) in [5, 5.41) is 33.3. The lowest BCUT2D eigenvalue weighted by Crippen LogP contribution is -2.64. The Morgan fingerprint density at radius 2 is 1.66 bits per heavy atom. The number of aliphatic hydroxyl groups excluding tert-OH is 3. The highest BCUT2D eigenvalue weighted by atomic mass is 16.7. The van der Waals surface area contributed by atoms with Crippen molar-refractivity contribution >= 4 is 17.8 Å². The minimum absolute atomic E-state index is 0.0711. The first-order valence-corrected chi connectivity index (χ1v) is 10.0. The van der Waals surface area contributed by atoms with Gasteiger partial charge in [-0.3, -0.25) is 19.4 Å². The molecule has 0 aromatic heterocycles. The fourth-order valence-electron chi connectivity index (χ4n) is 3.60. The molecule has 2 fully saturated rings. The predicted molar refractivity (Wildman–Crippen MR) is 110 cm³/mol. The van der Waals surface area contributed by atoms with E-state index in [1.54, 1.807) is 0 Å². The summed E-state index contributed by atoms with van der Waals surface area (Å²) in [6.07, 6.45) is -5.13. The molecule has 2 aliphatic heterocycles. The van der Waals surface area contributed by atoms with Crippen molar-refractivity contribution in [3.8, 4) is 0 Å². The Balaban J connectivity index is 1.87. The van der Waals surface area contributed by atoms with E-state index in [1.807, 2.05) is 30.3 Å². The number of rotatable bonds is 6. The second-order valence-electron chi connectivity index (χ2n) is 7.68. The second kappa shape index (κ2) is 9.76. The van der Waals surface area contributed by atoms with E-state index in [-0.39, 0.29) is 17.9 Å². The molecule has 1 aromatic carbocycles. The molecule has 174 valence electrons. The zero-order valence-corrected chi connectivity index (χ0v) is 18.0. The van der Waals surface area contributed by atoms with Gasteiger partial charge in [0.05, 0.1) is 13.2 Å². The Bertz CT molecular complexity index is 880. The number of ether oxygens (including phenoxy) is 2. The standard InChI is InChI=1S/C21H27N3O8/c1-11(14-18(28)23(2)21(30)24(3)19(14)29)22-15-17(27)16(26)13(9-25)32-20(15)31-10-12-7-5-4-6-8-12/h4-8,13,15-17,20,22,25-27H,9-10H2,1-3H3/t13-,15+,16-,17-,20+/m1/s1. The maximum Gasteiger partial charge on any atom is 0.333 e. The highest BCUT2D eigenvalue weighted by Crippen LogP contribution is 2.25. The van der Waals surface area contributed by atoms with Crippen LogP contribution >= 0.6 is 0 Å². The van der Waals surface area contributed by atoms with Crippen LogP contribution < -0.4 is 5.32 Å². The lowest BCUT2D eigenvalue weighted by Gasteiger charge is -2.43. The number of allylic oxidation sites excluding steroid dienone is 1. The lowest BCUT2D eigenvalue weighted by atomic mass is 9.96. The predicted octanol–water partition coefficient (Wildman–Crippen LogP) is -1.08. The van der Waals surface area contributed by atoms with Gasteiger partial charge in [-0.15, -0.1) is 0 Å². The van der Waals surface area contributed by atoms with E-state index in [9.17, 15) is 29.7 Å². The number of nitrogens with one attached hydrogen (secondary N) is 1. The average molecular weight is 449 g/mol. The van der Waals surface area contributed by atoms with Crippen LogP contribution in [0.3, 0.4) is 0 Å². The molecule has 5 atom stereocenters. The summed E-state index contributed by atoms with van der Waals surface area (Å²) in [6.45, 7) is 0.997. The third-order valence-corrected chi connectivity index (χ3v) is 5.51. The number of carbonyl (C=O) groups is 3. The lowest BCUT2D eigenvalue weighted by molar-refractivity contribution is -0.273. The van der Waals surface area contributed by atoms with E-state index in [1.165, 1.54) is 21.0 Å². The summed E-state index contributed by atoms with van der Waals surface area (Å²) in [5.41, 5.74) is 0.606. The van der Waals surface area contributed by atoms with Crippen molar-refractivity contribution in [2.75, 3.05) is 20.7 Å². The number of barbiturate groups is 1. The molecule has 11 heteroatoms. The molecule has 0 bridgehead atoms. The van der Waals surface area contributed by atoms with E-state index < -0.39 is 55.1 Å². The smallest absolute Gasteiger partial charge is 0.333 e. The third-order valence-electron chi connectivity index (χ3n) is 5.51. The van der Waals surface area contributed by atoms with Crippen molar-refractivity contribution in [1.29, 1.82) is 0 Å². The van der Waals surface area contributed by atoms with Crippen LogP contribution in [-0.4, -0.2) is 94.3 Å². The van der Waals surface area contributed by atoms with Crippen molar-refractivity contribution in [3.05, 3.63) is 47.2 Å². The van der Waals surface area contributed by atoms with Crippen LogP contribution in [-0.2, 0) is 25.7 Å². The number of hydrogen-bond donors (Lipinski definition) is 4. The van der Waals surface area contributed by atoms with Gasteiger partial charge in [-0.1, -0.05) is 30.3 Å². The number of hydrogen-bond acceptors (Lipinski definition) is 9. The molecule has 4 amide bonds. The van der Waals surface area contributed by atoms with Gasteiger partial charge >= 0.3 is 6.03 Å². The van der Waals surface area contributed by atoms with Gasteiger partial charge in [0.15, 0.2) is 6.29 Å². The van der Waals surface area contributed by atoms with Gasteiger partial charge in [-0.2, -0.15) is 0 Å². The topological polar surface area (TPSA) is 149 Å². The summed E-state index contributed by atoms with van der Waals surface area (Å²) >= 11 is 0. The summed E-state index contributed by atoms with van der Waals surface area (Å²) < 4.78 is 11.4. The minimum atomic E-state index is -1.46. The molecule has 2 aliphatic rings. The highest BCUT2D eigenvalue weighted by molar-refractivity contribution is 6.28. The number of aliphatic hydroxyl groups is 3.